The number of piperazine rings is 1. The minimum Gasteiger partial charge on any atom is -0.336 e. The molecule has 2 aromatic rings. The summed E-state index contributed by atoms with van der Waals surface area (Å²) >= 11 is 0. The number of hydrogen-bond acceptors (Lipinski definition) is 4. The largest absolute Gasteiger partial charge is 0.336 e. The van der Waals surface area contributed by atoms with Crippen molar-refractivity contribution >= 4 is 17.7 Å². The first-order valence-corrected chi connectivity index (χ1v) is 9.60. The van der Waals surface area contributed by atoms with Crippen molar-refractivity contribution in [1.82, 2.24) is 14.7 Å². The maximum absolute atomic E-state index is 12.8. The van der Waals surface area contributed by atoms with Crippen LogP contribution in [0.15, 0.2) is 60.7 Å². The van der Waals surface area contributed by atoms with Crippen LogP contribution in [-0.4, -0.2) is 64.6 Å². The van der Waals surface area contributed by atoms with E-state index in [9.17, 15) is 14.4 Å². The van der Waals surface area contributed by atoms with Crippen LogP contribution < -0.4 is 0 Å². The van der Waals surface area contributed by atoms with Gasteiger partial charge in [-0.15, -0.1) is 0 Å². The lowest BCUT2D eigenvalue weighted by molar-refractivity contribution is -0.140. The summed E-state index contributed by atoms with van der Waals surface area (Å²) in [5, 5.41) is 0. The molecule has 2 aromatic carbocycles. The van der Waals surface area contributed by atoms with E-state index in [-0.39, 0.29) is 24.1 Å². The van der Waals surface area contributed by atoms with E-state index in [0.717, 1.165) is 5.56 Å². The smallest absolute Gasteiger partial charge is 0.253 e. The minimum atomic E-state index is -0.412. The maximum Gasteiger partial charge on any atom is 0.253 e. The molecular weight excluding hydrogens is 354 g/mol. The Morgan fingerprint density at radius 3 is 2.11 bits per heavy atom. The summed E-state index contributed by atoms with van der Waals surface area (Å²) in [6.45, 7) is 2.64. The summed E-state index contributed by atoms with van der Waals surface area (Å²) in [7, 11) is 0. The Kier molecular flexibility index (Phi) is 5.21. The molecule has 0 bridgehead atoms. The standard InChI is InChI=1S/C22H23N3O3/c26-20-15-19(22(28)25(20)16-17-7-3-1-4-8-17)23-11-13-24(14-12-23)21(27)18-9-5-2-6-10-18/h1-10,19H,11-16H2/t19-/m0/s1. The third-order valence-electron chi connectivity index (χ3n) is 5.47. The molecule has 6 heteroatoms. The van der Waals surface area contributed by atoms with Gasteiger partial charge in [0.2, 0.25) is 11.8 Å². The molecule has 0 aromatic heterocycles. The van der Waals surface area contributed by atoms with Gasteiger partial charge in [-0.1, -0.05) is 48.5 Å². The minimum absolute atomic E-state index is 0.0137. The van der Waals surface area contributed by atoms with Gasteiger partial charge in [0.1, 0.15) is 0 Å². The van der Waals surface area contributed by atoms with Crippen LogP contribution in [0.5, 0.6) is 0 Å². The van der Waals surface area contributed by atoms with Gasteiger partial charge in [0.25, 0.3) is 5.91 Å². The average Bonchev–Trinajstić information content (AvgIpc) is 3.03. The van der Waals surface area contributed by atoms with E-state index < -0.39 is 6.04 Å². The van der Waals surface area contributed by atoms with Gasteiger partial charge in [-0.25, -0.2) is 0 Å². The second-order valence-electron chi connectivity index (χ2n) is 7.22. The first-order valence-electron chi connectivity index (χ1n) is 9.60. The molecule has 28 heavy (non-hydrogen) atoms. The lowest BCUT2D eigenvalue weighted by Crippen LogP contribution is -2.53. The molecule has 1 atom stereocenters. The molecule has 0 radical (unpaired) electrons. The Bertz CT molecular complexity index is 861. The third-order valence-corrected chi connectivity index (χ3v) is 5.47. The molecule has 4 rings (SSSR count). The number of rotatable bonds is 4. The van der Waals surface area contributed by atoms with Gasteiger partial charge in [0.15, 0.2) is 0 Å². The number of likely N-dealkylation sites (tertiary alicyclic amines) is 1. The lowest BCUT2D eigenvalue weighted by atomic mass is 10.1. The Balaban J connectivity index is 1.36. The zero-order chi connectivity index (χ0) is 19.5. The summed E-state index contributed by atoms with van der Waals surface area (Å²) < 4.78 is 0. The van der Waals surface area contributed by atoms with Gasteiger partial charge in [-0.2, -0.15) is 0 Å². The van der Waals surface area contributed by atoms with Gasteiger partial charge in [-0.05, 0) is 17.7 Å². The molecule has 2 fully saturated rings. The highest BCUT2D eigenvalue weighted by molar-refractivity contribution is 6.05. The highest BCUT2D eigenvalue weighted by atomic mass is 16.2. The van der Waals surface area contributed by atoms with E-state index in [1.165, 1.54) is 4.90 Å². The van der Waals surface area contributed by atoms with Crippen molar-refractivity contribution in [2.45, 2.75) is 19.0 Å². The zero-order valence-electron chi connectivity index (χ0n) is 15.7. The number of benzene rings is 2. The van der Waals surface area contributed by atoms with E-state index in [4.69, 9.17) is 0 Å². The summed E-state index contributed by atoms with van der Waals surface area (Å²) in [4.78, 5) is 43.0. The fourth-order valence-electron chi connectivity index (χ4n) is 3.88. The van der Waals surface area contributed by atoms with Gasteiger partial charge >= 0.3 is 0 Å². The third kappa shape index (κ3) is 3.68. The summed E-state index contributed by atoms with van der Waals surface area (Å²) in [6, 6.07) is 18.4. The first-order chi connectivity index (χ1) is 13.6. The van der Waals surface area contributed by atoms with Crippen LogP contribution in [0.25, 0.3) is 0 Å². The molecule has 0 unspecified atom stereocenters. The SMILES string of the molecule is O=C(c1ccccc1)N1CCN([C@H]2CC(=O)N(Cc3ccccc3)C2=O)CC1. The summed E-state index contributed by atoms with van der Waals surface area (Å²) in [5.74, 6) is -0.238. The van der Waals surface area contributed by atoms with Gasteiger partial charge in [-0.3, -0.25) is 24.2 Å². The quantitative estimate of drug-likeness (QED) is 0.762. The fourth-order valence-corrected chi connectivity index (χ4v) is 3.88. The van der Waals surface area contributed by atoms with Crippen LogP contribution in [0.2, 0.25) is 0 Å². The van der Waals surface area contributed by atoms with Crippen molar-refractivity contribution in [2.24, 2.45) is 0 Å². The van der Waals surface area contributed by atoms with Crippen LogP contribution in [0.1, 0.15) is 22.3 Å². The number of hydrogen-bond donors (Lipinski definition) is 0. The monoisotopic (exact) mass is 377 g/mol. The van der Waals surface area contributed by atoms with Crippen molar-refractivity contribution in [3.05, 3.63) is 71.8 Å². The van der Waals surface area contributed by atoms with E-state index in [1.54, 1.807) is 0 Å². The normalized spacial score (nSPS) is 20.6. The van der Waals surface area contributed by atoms with E-state index in [1.807, 2.05) is 70.5 Å². The topological polar surface area (TPSA) is 60.9 Å². The van der Waals surface area contributed by atoms with Crippen molar-refractivity contribution in [2.75, 3.05) is 26.2 Å². The van der Waals surface area contributed by atoms with Crippen LogP contribution in [0, 0.1) is 0 Å². The fraction of sp³-hybridized carbons (Fsp3) is 0.318. The van der Waals surface area contributed by atoms with Crippen LogP contribution >= 0.6 is 0 Å². The predicted octanol–water partition coefficient (Wildman–Crippen LogP) is 1.77. The molecule has 2 heterocycles. The van der Waals surface area contributed by atoms with Crippen molar-refractivity contribution in [1.29, 1.82) is 0 Å². The number of carbonyl (C=O) groups excluding carboxylic acids is 3. The second-order valence-corrected chi connectivity index (χ2v) is 7.22. The molecule has 0 spiro atoms. The number of nitrogens with zero attached hydrogens (tertiary/aromatic N) is 3. The lowest BCUT2D eigenvalue weighted by Gasteiger charge is -2.37. The van der Waals surface area contributed by atoms with Crippen LogP contribution in [-0.2, 0) is 16.1 Å². The van der Waals surface area contributed by atoms with Crippen LogP contribution in [0.3, 0.4) is 0 Å². The molecular formula is C22H23N3O3. The van der Waals surface area contributed by atoms with Gasteiger partial charge < -0.3 is 4.90 Å². The molecule has 2 saturated heterocycles. The number of imide groups is 1. The second kappa shape index (κ2) is 7.94. The Morgan fingerprint density at radius 1 is 0.857 bits per heavy atom. The molecule has 2 aliphatic rings. The molecule has 0 aliphatic carbocycles. The van der Waals surface area contributed by atoms with E-state index in [0.29, 0.717) is 38.3 Å². The first kappa shape index (κ1) is 18.4. The Hall–Kier alpha value is -2.99. The van der Waals surface area contributed by atoms with Crippen molar-refractivity contribution in [3.8, 4) is 0 Å². The van der Waals surface area contributed by atoms with Gasteiger partial charge in [0, 0.05) is 31.7 Å². The van der Waals surface area contributed by atoms with E-state index in [2.05, 4.69) is 0 Å². The molecule has 144 valence electrons. The van der Waals surface area contributed by atoms with Gasteiger partial charge in [0.05, 0.1) is 19.0 Å². The number of carbonyl (C=O) groups is 3. The molecule has 6 nitrogen and oxygen atoms in total. The summed E-state index contributed by atoms with van der Waals surface area (Å²) in [6.07, 6.45) is 0.221. The zero-order valence-corrected chi connectivity index (χ0v) is 15.7. The highest BCUT2D eigenvalue weighted by Gasteiger charge is 2.42. The average molecular weight is 377 g/mol. The molecule has 2 aliphatic heterocycles. The summed E-state index contributed by atoms with van der Waals surface area (Å²) in [5.41, 5.74) is 1.63. The van der Waals surface area contributed by atoms with Crippen molar-refractivity contribution < 1.29 is 14.4 Å². The molecule has 0 N–H and O–H groups in total. The maximum atomic E-state index is 12.8. The Morgan fingerprint density at radius 2 is 1.46 bits per heavy atom. The van der Waals surface area contributed by atoms with E-state index >= 15 is 0 Å². The molecule has 0 saturated carbocycles. The Labute approximate surface area is 164 Å². The number of amides is 3. The molecule has 3 amide bonds. The highest BCUT2D eigenvalue weighted by Crippen LogP contribution is 2.22. The van der Waals surface area contributed by atoms with Crippen molar-refractivity contribution in [3.63, 3.8) is 0 Å². The predicted molar refractivity (Wildman–Crippen MR) is 104 cm³/mol. The van der Waals surface area contributed by atoms with Crippen LogP contribution in [0.4, 0.5) is 0 Å².